The largest absolute Gasteiger partial charge is 0.497 e. The van der Waals surface area contributed by atoms with E-state index in [0.29, 0.717) is 35.8 Å². The van der Waals surface area contributed by atoms with E-state index in [1.807, 2.05) is 24.3 Å². The Kier molecular flexibility index (Phi) is 7.60. The first-order valence-corrected chi connectivity index (χ1v) is 11.5. The Bertz CT molecular complexity index is 1240. The van der Waals surface area contributed by atoms with Gasteiger partial charge < -0.3 is 20.1 Å². The minimum atomic E-state index is -0.532. The molecule has 0 unspecified atom stereocenters. The van der Waals surface area contributed by atoms with Crippen molar-refractivity contribution in [1.82, 2.24) is 15.6 Å². The standard InChI is InChI=1S/C27H29FN4O3/c1-17-24(6-7-25(28)32-17)20-9-18(15-30-26-5-4-8-29-26)10-21(13-20)27(33)31-16-19-11-22(34-2)14-23(12-19)35-3/h6-7,9-14H,4-5,8,15-16H2,1-3H3,(H,29,30)(H,31,33). The molecule has 3 aromatic rings. The lowest BCUT2D eigenvalue weighted by molar-refractivity contribution is 0.0950. The highest BCUT2D eigenvalue weighted by atomic mass is 19.1. The number of hydrogen-bond donors (Lipinski definition) is 2. The van der Waals surface area contributed by atoms with Gasteiger partial charge in [0, 0.05) is 48.9 Å². The first kappa shape index (κ1) is 24.2. The molecule has 0 aliphatic carbocycles. The highest BCUT2D eigenvalue weighted by Crippen LogP contribution is 2.26. The second-order valence-corrected chi connectivity index (χ2v) is 8.37. The van der Waals surface area contributed by atoms with Gasteiger partial charge >= 0.3 is 0 Å². The van der Waals surface area contributed by atoms with E-state index in [-0.39, 0.29) is 5.91 Å². The molecule has 182 valence electrons. The van der Waals surface area contributed by atoms with Crippen molar-refractivity contribution in [3.63, 3.8) is 0 Å². The van der Waals surface area contributed by atoms with Crippen molar-refractivity contribution >= 4 is 11.7 Å². The van der Waals surface area contributed by atoms with Crippen LogP contribution >= 0.6 is 0 Å². The van der Waals surface area contributed by atoms with Crippen LogP contribution in [-0.4, -0.2) is 37.5 Å². The average molecular weight is 477 g/mol. The Morgan fingerprint density at radius 3 is 2.40 bits per heavy atom. The zero-order valence-corrected chi connectivity index (χ0v) is 20.2. The van der Waals surface area contributed by atoms with Crippen molar-refractivity contribution < 1.29 is 18.7 Å². The van der Waals surface area contributed by atoms with Crippen molar-refractivity contribution in [2.75, 3.05) is 20.8 Å². The number of halogens is 1. The number of carbonyl (C=O) groups excluding carboxylic acids is 1. The lowest BCUT2D eigenvalue weighted by Gasteiger charge is -2.14. The molecule has 0 fully saturated rings. The molecule has 0 bridgehead atoms. The first-order chi connectivity index (χ1) is 16.9. The van der Waals surface area contributed by atoms with Gasteiger partial charge in [0.1, 0.15) is 11.5 Å². The summed E-state index contributed by atoms with van der Waals surface area (Å²) >= 11 is 0. The van der Waals surface area contributed by atoms with Gasteiger partial charge in [-0.1, -0.05) is 0 Å². The zero-order valence-electron chi connectivity index (χ0n) is 20.2. The number of nitrogens with one attached hydrogen (secondary N) is 2. The maximum atomic E-state index is 13.6. The first-order valence-electron chi connectivity index (χ1n) is 11.5. The van der Waals surface area contributed by atoms with Gasteiger partial charge in [0.25, 0.3) is 5.91 Å². The van der Waals surface area contributed by atoms with E-state index in [9.17, 15) is 9.18 Å². The van der Waals surface area contributed by atoms with Crippen LogP contribution in [-0.2, 0) is 13.1 Å². The molecule has 0 spiro atoms. The number of rotatable bonds is 8. The molecular weight excluding hydrogens is 447 g/mol. The number of hydrogen-bond acceptors (Lipinski definition) is 6. The summed E-state index contributed by atoms with van der Waals surface area (Å²) in [7, 11) is 3.17. The fourth-order valence-corrected chi connectivity index (χ4v) is 4.06. The fraction of sp³-hybridized carbons (Fsp3) is 0.296. The summed E-state index contributed by atoms with van der Waals surface area (Å²) in [6.45, 7) is 3.43. The van der Waals surface area contributed by atoms with Crippen LogP contribution < -0.4 is 20.1 Å². The summed E-state index contributed by atoms with van der Waals surface area (Å²) in [5, 5.41) is 6.34. The van der Waals surface area contributed by atoms with E-state index in [1.54, 1.807) is 39.3 Å². The molecule has 7 nitrogen and oxygen atoms in total. The van der Waals surface area contributed by atoms with E-state index in [0.717, 1.165) is 47.5 Å². The summed E-state index contributed by atoms with van der Waals surface area (Å²) in [6, 6.07) is 14.2. The number of ether oxygens (including phenoxy) is 2. The summed E-state index contributed by atoms with van der Waals surface area (Å²) in [4.78, 5) is 21.6. The predicted octanol–water partition coefficient (Wildman–Crippen LogP) is 4.43. The molecule has 1 aliphatic heterocycles. The average Bonchev–Trinajstić information content (AvgIpc) is 3.39. The lowest BCUT2D eigenvalue weighted by Crippen LogP contribution is -2.24. The number of methoxy groups -OCH3 is 2. The molecule has 0 radical (unpaired) electrons. The van der Waals surface area contributed by atoms with Gasteiger partial charge in [0.05, 0.1) is 20.1 Å². The van der Waals surface area contributed by atoms with E-state index in [2.05, 4.69) is 20.6 Å². The van der Waals surface area contributed by atoms with Gasteiger partial charge in [-0.15, -0.1) is 0 Å². The van der Waals surface area contributed by atoms with Gasteiger partial charge in [-0.2, -0.15) is 4.39 Å². The third-order valence-corrected chi connectivity index (χ3v) is 5.85. The van der Waals surface area contributed by atoms with Crippen LogP contribution in [0.4, 0.5) is 4.39 Å². The number of pyridine rings is 1. The van der Waals surface area contributed by atoms with Crippen LogP contribution in [0, 0.1) is 12.9 Å². The molecule has 0 atom stereocenters. The minimum absolute atomic E-state index is 0.221. The van der Waals surface area contributed by atoms with Crippen LogP contribution in [0.2, 0.25) is 0 Å². The Labute approximate surface area is 204 Å². The van der Waals surface area contributed by atoms with Gasteiger partial charge in [0.15, 0.2) is 0 Å². The maximum absolute atomic E-state index is 13.6. The van der Waals surface area contributed by atoms with E-state index >= 15 is 0 Å². The predicted molar refractivity (Wildman–Crippen MR) is 133 cm³/mol. The third-order valence-electron chi connectivity index (χ3n) is 5.85. The second kappa shape index (κ2) is 11.0. The molecule has 1 aromatic heterocycles. The molecule has 1 amide bonds. The Morgan fingerprint density at radius 2 is 1.74 bits per heavy atom. The molecule has 1 aliphatic rings. The highest BCUT2D eigenvalue weighted by Gasteiger charge is 2.14. The van der Waals surface area contributed by atoms with Crippen molar-refractivity contribution in [2.45, 2.75) is 32.9 Å². The van der Waals surface area contributed by atoms with E-state index < -0.39 is 5.95 Å². The monoisotopic (exact) mass is 476 g/mol. The molecule has 2 aromatic carbocycles. The summed E-state index contributed by atoms with van der Waals surface area (Å²) in [6.07, 6.45) is 1.98. The van der Waals surface area contributed by atoms with E-state index in [4.69, 9.17) is 9.47 Å². The number of amidine groups is 1. The number of aryl methyl sites for hydroxylation is 1. The molecular formula is C27H29FN4O3. The normalized spacial score (nSPS) is 12.7. The van der Waals surface area contributed by atoms with Gasteiger partial charge in [0.2, 0.25) is 5.95 Å². The summed E-state index contributed by atoms with van der Waals surface area (Å²) in [5.41, 5.74) is 4.42. The van der Waals surface area contributed by atoms with Crippen molar-refractivity contribution in [3.05, 3.63) is 76.9 Å². The van der Waals surface area contributed by atoms with Crippen molar-refractivity contribution in [1.29, 1.82) is 0 Å². The quantitative estimate of drug-likeness (QED) is 0.470. The summed E-state index contributed by atoms with van der Waals surface area (Å²) in [5.74, 6) is 1.53. The zero-order chi connectivity index (χ0) is 24.8. The second-order valence-electron chi connectivity index (χ2n) is 8.37. The fourth-order valence-electron chi connectivity index (χ4n) is 4.06. The Balaban J connectivity index is 1.59. The number of aromatic nitrogens is 1. The van der Waals surface area contributed by atoms with Gasteiger partial charge in [-0.3, -0.25) is 9.79 Å². The topological polar surface area (TPSA) is 84.8 Å². The number of amides is 1. The van der Waals surface area contributed by atoms with Crippen molar-refractivity contribution in [3.8, 4) is 22.6 Å². The van der Waals surface area contributed by atoms with Crippen LogP contribution in [0.25, 0.3) is 11.1 Å². The number of nitrogens with zero attached hydrogens (tertiary/aromatic N) is 2. The maximum Gasteiger partial charge on any atom is 0.251 e. The SMILES string of the molecule is COc1cc(CNC(=O)c2cc(CNC3=NCCC3)cc(-c3ccc(F)nc3C)c2)cc(OC)c1. The van der Waals surface area contributed by atoms with E-state index in [1.165, 1.54) is 6.07 Å². The molecule has 2 heterocycles. The van der Waals surface area contributed by atoms with Crippen molar-refractivity contribution in [2.24, 2.45) is 4.99 Å². The van der Waals surface area contributed by atoms with Crippen LogP contribution in [0.15, 0.2) is 53.5 Å². The van der Waals surface area contributed by atoms with Crippen LogP contribution in [0.1, 0.15) is 40.0 Å². The summed E-state index contributed by atoms with van der Waals surface area (Å²) < 4.78 is 24.2. The molecule has 35 heavy (non-hydrogen) atoms. The minimum Gasteiger partial charge on any atom is -0.497 e. The third kappa shape index (κ3) is 6.15. The van der Waals surface area contributed by atoms with Crippen LogP contribution in [0.5, 0.6) is 11.5 Å². The number of aliphatic imine (C=N–C) groups is 1. The van der Waals surface area contributed by atoms with Gasteiger partial charge in [-0.05, 0) is 72.5 Å². The smallest absolute Gasteiger partial charge is 0.251 e. The molecule has 0 saturated heterocycles. The number of carbonyl (C=O) groups is 1. The molecule has 8 heteroatoms. The highest BCUT2D eigenvalue weighted by molar-refractivity contribution is 5.96. The molecule has 4 rings (SSSR count). The lowest BCUT2D eigenvalue weighted by atomic mass is 9.98. The Hall–Kier alpha value is -3.94. The molecule has 2 N–H and O–H groups in total. The Morgan fingerprint density at radius 1 is 1.00 bits per heavy atom. The number of benzene rings is 2. The van der Waals surface area contributed by atoms with Gasteiger partial charge in [-0.25, -0.2) is 4.98 Å². The van der Waals surface area contributed by atoms with Crippen LogP contribution in [0.3, 0.4) is 0 Å². The molecule has 0 saturated carbocycles.